The van der Waals surface area contributed by atoms with Gasteiger partial charge in [0.25, 0.3) is 16.1 Å². The monoisotopic (exact) mass is 537 g/mol. The highest BCUT2D eigenvalue weighted by molar-refractivity contribution is 7.86. The second-order valence-corrected chi connectivity index (χ2v) is 11.0. The Morgan fingerprint density at radius 3 is 2.30 bits per heavy atom. The number of anilines is 1. The van der Waals surface area contributed by atoms with Crippen LogP contribution in [0.5, 0.6) is 0 Å². The molecular weight excluding hydrogens is 511 g/mol. The van der Waals surface area contributed by atoms with Crippen LogP contribution in [0.15, 0.2) is 42.9 Å². The van der Waals surface area contributed by atoms with Crippen LogP contribution in [-0.2, 0) is 16.4 Å². The predicted octanol–water partition coefficient (Wildman–Crippen LogP) is 3.23. The van der Waals surface area contributed by atoms with Crippen molar-refractivity contribution in [3.05, 3.63) is 65.4 Å². The predicted molar refractivity (Wildman–Crippen MR) is 129 cm³/mol. The summed E-state index contributed by atoms with van der Waals surface area (Å²) in [6, 6.07) is 5.62. The normalized spacial score (nSPS) is 15.8. The molecule has 1 aliphatic rings. The number of nitrogens with one attached hydrogen (secondary N) is 1. The molecule has 0 unspecified atom stereocenters. The lowest BCUT2D eigenvalue weighted by molar-refractivity contribution is -0.137. The third-order valence-electron chi connectivity index (χ3n) is 6.25. The Bertz CT molecular complexity index is 1360. The quantitative estimate of drug-likeness (QED) is 0.517. The molecule has 4 rings (SSSR count). The van der Waals surface area contributed by atoms with Gasteiger partial charge in [0.15, 0.2) is 5.82 Å². The van der Waals surface area contributed by atoms with Gasteiger partial charge in [-0.1, -0.05) is 0 Å². The van der Waals surface area contributed by atoms with Crippen molar-refractivity contribution in [2.75, 3.05) is 32.5 Å². The van der Waals surface area contributed by atoms with Crippen LogP contribution < -0.4 is 5.32 Å². The van der Waals surface area contributed by atoms with E-state index < -0.39 is 27.9 Å². The molecule has 0 saturated carbocycles. The van der Waals surface area contributed by atoms with Gasteiger partial charge >= 0.3 is 6.18 Å². The summed E-state index contributed by atoms with van der Waals surface area (Å²) in [6.07, 6.45) is 0.358. The summed E-state index contributed by atoms with van der Waals surface area (Å²) in [4.78, 5) is 21.1. The third-order valence-corrected chi connectivity index (χ3v) is 8.19. The average molecular weight is 538 g/mol. The van der Waals surface area contributed by atoms with Gasteiger partial charge in [0.05, 0.1) is 34.9 Å². The number of amides is 1. The van der Waals surface area contributed by atoms with Crippen molar-refractivity contribution >= 4 is 21.8 Å². The molecule has 0 spiro atoms. The van der Waals surface area contributed by atoms with Crippen LogP contribution in [0, 0.1) is 6.92 Å². The summed E-state index contributed by atoms with van der Waals surface area (Å²) in [5.74, 6) is -0.192. The molecule has 3 aromatic rings. The van der Waals surface area contributed by atoms with E-state index >= 15 is 0 Å². The van der Waals surface area contributed by atoms with E-state index in [-0.39, 0.29) is 17.3 Å². The molecule has 0 atom stereocenters. The summed E-state index contributed by atoms with van der Waals surface area (Å²) in [5.41, 5.74) is 1.05. The summed E-state index contributed by atoms with van der Waals surface area (Å²) in [6.45, 7) is 2.43. The molecule has 0 aromatic carbocycles. The Morgan fingerprint density at radius 2 is 1.76 bits per heavy atom. The van der Waals surface area contributed by atoms with Gasteiger partial charge in [-0.15, -0.1) is 0 Å². The van der Waals surface area contributed by atoms with Crippen LogP contribution >= 0.6 is 0 Å². The zero-order chi connectivity index (χ0) is 27.0. The van der Waals surface area contributed by atoms with Gasteiger partial charge in [-0.3, -0.25) is 9.78 Å². The van der Waals surface area contributed by atoms with Crippen molar-refractivity contribution in [3.63, 3.8) is 0 Å². The molecule has 3 aromatic heterocycles. The van der Waals surface area contributed by atoms with Crippen LogP contribution in [0.4, 0.5) is 18.9 Å². The Morgan fingerprint density at radius 1 is 1.05 bits per heavy atom. The van der Waals surface area contributed by atoms with Gasteiger partial charge < -0.3 is 5.32 Å². The summed E-state index contributed by atoms with van der Waals surface area (Å²) < 4.78 is 66.9. The Labute approximate surface area is 212 Å². The number of carbonyl (C=O) groups excluding carboxylic acids is 1. The van der Waals surface area contributed by atoms with Crippen LogP contribution in [0.2, 0.25) is 0 Å². The smallest absolute Gasteiger partial charge is 0.320 e. The summed E-state index contributed by atoms with van der Waals surface area (Å²) in [7, 11) is -0.421. The number of rotatable bonds is 6. The fourth-order valence-electron chi connectivity index (χ4n) is 4.07. The standard InChI is InChI=1S/C23H26F3N7O3S/c1-15-19(14-29-33(15)21-7-4-17(12-28-21)23(24,25)26)22(34)30-18-5-6-20(27-13-18)16-8-10-32(11-9-16)37(35,36)31(2)3/h4-7,12-14,16H,8-11H2,1-3H3,(H,30,34). The SMILES string of the molecule is Cc1c(C(=O)Nc2ccc(C3CCN(S(=O)(=O)N(C)C)CC3)nc2)cnn1-c1ccc(C(F)(F)F)cn1. The van der Waals surface area contributed by atoms with Crippen molar-refractivity contribution in [1.29, 1.82) is 0 Å². The Kier molecular flexibility index (Phi) is 7.35. The van der Waals surface area contributed by atoms with Crippen LogP contribution in [0.25, 0.3) is 5.82 Å². The molecule has 1 aliphatic heterocycles. The summed E-state index contributed by atoms with van der Waals surface area (Å²) in [5, 5.41) is 6.84. The largest absolute Gasteiger partial charge is 0.417 e. The van der Waals surface area contributed by atoms with Gasteiger partial charge in [0.1, 0.15) is 0 Å². The topological polar surface area (TPSA) is 113 Å². The first-order chi connectivity index (χ1) is 17.4. The van der Waals surface area contributed by atoms with Crippen LogP contribution in [0.3, 0.4) is 0 Å². The first kappa shape index (κ1) is 26.7. The van der Waals surface area contributed by atoms with Gasteiger partial charge in [0.2, 0.25) is 0 Å². The minimum absolute atomic E-state index is 0.107. The molecule has 198 valence electrons. The first-order valence-electron chi connectivity index (χ1n) is 11.4. The minimum Gasteiger partial charge on any atom is -0.320 e. The molecule has 37 heavy (non-hydrogen) atoms. The van der Waals surface area contributed by atoms with E-state index in [0.29, 0.717) is 43.5 Å². The number of aromatic nitrogens is 4. The Hall–Kier alpha value is -3.36. The molecule has 0 aliphatic carbocycles. The second-order valence-electron chi connectivity index (χ2n) is 8.85. The number of hydrogen-bond donors (Lipinski definition) is 1. The minimum atomic E-state index is -4.50. The molecule has 0 bridgehead atoms. The average Bonchev–Trinajstić information content (AvgIpc) is 3.25. The number of halogens is 3. The molecule has 10 nitrogen and oxygen atoms in total. The number of piperidine rings is 1. The number of pyridine rings is 2. The van der Waals surface area contributed by atoms with Crippen LogP contribution in [-0.4, -0.2) is 69.9 Å². The molecular formula is C23H26F3N7O3S. The first-order valence-corrected chi connectivity index (χ1v) is 12.8. The van der Waals surface area contributed by atoms with Crippen molar-refractivity contribution in [2.45, 2.75) is 31.9 Å². The maximum atomic E-state index is 12.8. The maximum absolute atomic E-state index is 12.8. The lowest BCUT2D eigenvalue weighted by Gasteiger charge is -2.32. The van der Waals surface area contributed by atoms with E-state index in [2.05, 4.69) is 20.4 Å². The highest BCUT2D eigenvalue weighted by Crippen LogP contribution is 2.30. The lowest BCUT2D eigenvalue weighted by Crippen LogP contribution is -2.44. The van der Waals surface area contributed by atoms with Crippen molar-refractivity contribution < 1.29 is 26.4 Å². The number of alkyl halides is 3. The van der Waals surface area contributed by atoms with Crippen molar-refractivity contribution in [3.8, 4) is 5.82 Å². The molecule has 14 heteroatoms. The maximum Gasteiger partial charge on any atom is 0.417 e. The molecule has 4 heterocycles. The number of carbonyl (C=O) groups is 1. The van der Waals surface area contributed by atoms with E-state index in [0.717, 1.165) is 11.8 Å². The Balaban J connectivity index is 1.39. The fraction of sp³-hybridized carbons (Fsp3) is 0.391. The molecule has 1 fully saturated rings. The van der Waals surface area contributed by atoms with E-state index in [4.69, 9.17) is 0 Å². The van der Waals surface area contributed by atoms with Gasteiger partial charge in [-0.05, 0) is 44.0 Å². The van der Waals surface area contributed by atoms with Gasteiger partial charge in [-0.25, -0.2) is 9.67 Å². The van der Waals surface area contributed by atoms with E-state index in [1.165, 1.54) is 45.8 Å². The number of hydrogen-bond acceptors (Lipinski definition) is 6. The van der Waals surface area contributed by atoms with Gasteiger partial charge in [0, 0.05) is 45.0 Å². The highest BCUT2D eigenvalue weighted by Gasteiger charge is 2.31. The zero-order valence-electron chi connectivity index (χ0n) is 20.4. The third kappa shape index (κ3) is 5.65. The van der Waals surface area contributed by atoms with E-state index in [1.807, 2.05) is 0 Å². The molecule has 1 amide bonds. The van der Waals surface area contributed by atoms with E-state index in [9.17, 15) is 26.4 Å². The van der Waals surface area contributed by atoms with E-state index in [1.54, 1.807) is 19.1 Å². The van der Waals surface area contributed by atoms with Crippen LogP contribution in [0.1, 0.15) is 46.1 Å². The zero-order valence-corrected chi connectivity index (χ0v) is 21.2. The van der Waals surface area contributed by atoms with Crippen molar-refractivity contribution in [1.82, 2.24) is 28.4 Å². The number of nitrogens with zero attached hydrogens (tertiary/aromatic N) is 6. The molecule has 1 saturated heterocycles. The molecule has 0 radical (unpaired) electrons. The molecule has 1 N–H and O–H groups in total. The lowest BCUT2D eigenvalue weighted by atomic mass is 9.94. The fourth-order valence-corrected chi connectivity index (χ4v) is 5.21. The summed E-state index contributed by atoms with van der Waals surface area (Å²) >= 11 is 0. The van der Waals surface area contributed by atoms with Crippen molar-refractivity contribution in [2.24, 2.45) is 0 Å². The second kappa shape index (κ2) is 10.2. The highest BCUT2D eigenvalue weighted by atomic mass is 32.2. The van der Waals surface area contributed by atoms with Gasteiger partial charge in [-0.2, -0.15) is 35.3 Å².